The Morgan fingerprint density at radius 1 is 1.35 bits per heavy atom. The van der Waals surface area contributed by atoms with Crippen molar-refractivity contribution in [3.63, 3.8) is 0 Å². The highest BCUT2D eigenvalue weighted by molar-refractivity contribution is 7.90. The zero-order valence-corrected chi connectivity index (χ0v) is 14.8. The van der Waals surface area contributed by atoms with Gasteiger partial charge < -0.3 is 0 Å². The van der Waals surface area contributed by atoms with Crippen LogP contribution in [0.15, 0.2) is 12.3 Å². The Bertz CT molecular complexity index is 813. The average Bonchev–Trinajstić information content (AvgIpc) is 2.80. The van der Waals surface area contributed by atoms with Crippen LogP contribution in [0.3, 0.4) is 0 Å². The summed E-state index contributed by atoms with van der Waals surface area (Å²) < 4.78 is 24.9. The minimum atomic E-state index is -2.91. The lowest BCUT2D eigenvalue weighted by Crippen LogP contribution is -2.37. The monoisotopic (exact) mass is 336 g/mol. The molecule has 126 valence electrons. The molecule has 0 unspecified atom stereocenters. The van der Waals surface area contributed by atoms with Crippen molar-refractivity contribution in [2.24, 2.45) is 5.92 Å². The minimum absolute atomic E-state index is 0.233. The van der Waals surface area contributed by atoms with Crippen LogP contribution in [-0.4, -0.2) is 53.0 Å². The van der Waals surface area contributed by atoms with E-state index in [1.165, 1.54) is 6.26 Å². The summed E-state index contributed by atoms with van der Waals surface area (Å²) in [5, 5.41) is 4.43. The Hall–Kier alpha value is -1.47. The van der Waals surface area contributed by atoms with Crippen molar-refractivity contribution in [1.82, 2.24) is 19.5 Å². The smallest absolute Gasteiger partial charge is 0.159 e. The minimum Gasteiger partial charge on any atom is -0.299 e. The van der Waals surface area contributed by atoms with Crippen LogP contribution >= 0.6 is 0 Å². The first-order valence-electron chi connectivity index (χ1n) is 8.03. The van der Waals surface area contributed by atoms with Gasteiger partial charge in [0.2, 0.25) is 0 Å². The van der Waals surface area contributed by atoms with Gasteiger partial charge in [-0.2, -0.15) is 5.10 Å². The standard InChI is InChI=1S/C16H24N4O2S/c1-12-7-13(2)20-16(18-12)15(8-17-20)10-19-6-4-5-14(9-19)11-23(3,21)22/h7-8,14H,4-6,9-11H2,1-3H3/t14-/m1/s1. The summed E-state index contributed by atoms with van der Waals surface area (Å²) in [5.74, 6) is 0.520. The maximum Gasteiger partial charge on any atom is 0.159 e. The summed E-state index contributed by atoms with van der Waals surface area (Å²) >= 11 is 0. The molecular weight excluding hydrogens is 312 g/mol. The van der Waals surface area contributed by atoms with Crippen LogP contribution in [0.1, 0.15) is 29.8 Å². The Morgan fingerprint density at radius 3 is 2.87 bits per heavy atom. The fourth-order valence-electron chi connectivity index (χ4n) is 3.53. The van der Waals surface area contributed by atoms with Crippen molar-refractivity contribution in [2.45, 2.75) is 33.2 Å². The van der Waals surface area contributed by atoms with Gasteiger partial charge in [-0.25, -0.2) is 17.9 Å². The number of nitrogens with zero attached hydrogens (tertiary/aromatic N) is 4. The predicted molar refractivity (Wildman–Crippen MR) is 90.2 cm³/mol. The van der Waals surface area contributed by atoms with Gasteiger partial charge in [-0.3, -0.25) is 4.90 Å². The van der Waals surface area contributed by atoms with Gasteiger partial charge in [-0.05, 0) is 45.2 Å². The Labute approximate surface area is 137 Å². The molecule has 1 aliphatic rings. The third kappa shape index (κ3) is 3.90. The van der Waals surface area contributed by atoms with Crippen LogP contribution in [-0.2, 0) is 16.4 Å². The van der Waals surface area contributed by atoms with Gasteiger partial charge in [0.15, 0.2) is 5.65 Å². The number of piperidine rings is 1. The first-order valence-corrected chi connectivity index (χ1v) is 10.1. The molecule has 1 fully saturated rings. The molecule has 2 aromatic rings. The first kappa shape index (κ1) is 16.4. The molecule has 0 amide bonds. The van der Waals surface area contributed by atoms with E-state index in [0.29, 0.717) is 0 Å². The van der Waals surface area contributed by atoms with E-state index < -0.39 is 9.84 Å². The lowest BCUT2D eigenvalue weighted by Gasteiger charge is -2.32. The zero-order chi connectivity index (χ0) is 16.6. The van der Waals surface area contributed by atoms with E-state index in [-0.39, 0.29) is 11.7 Å². The maximum atomic E-state index is 11.5. The van der Waals surface area contributed by atoms with E-state index in [2.05, 4.69) is 15.0 Å². The number of hydrogen-bond acceptors (Lipinski definition) is 5. The number of hydrogen-bond donors (Lipinski definition) is 0. The van der Waals surface area contributed by atoms with E-state index in [0.717, 1.165) is 55.1 Å². The second kappa shape index (κ2) is 6.20. The van der Waals surface area contributed by atoms with Crippen LogP contribution in [0, 0.1) is 19.8 Å². The molecule has 1 saturated heterocycles. The quantitative estimate of drug-likeness (QED) is 0.848. The highest BCUT2D eigenvalue weighted by atomic mass is 32.2. The fourth-order valence-corrected chi connectivity index (χ4v) is 4.66. The largest absolute Gasteiger partial charge is 0.299 e. The van der Waals surface area contributed by atoms with Crippen LogP contribution in [0.2, 0.25) is 0 Å². The molecule has 23 heavy (non-hydrogen) atoms. The summed E-state index contributed by atoms with van der Waals surface area (Å²) in [4.78, 5) is 6.95. The normalized spacial score (nSPS) is 20.2. The maximum absolute atomic E-state index is 11.5. The topological polar surface area (TPSA) is 67.6 Å². The average molecular weight is 336 g/mol. The molecule has 2 aromatic heterocycles. The molecule has 0 aliphatic carbocycles. The second-order valence-corrected chi connectivity index (χ2v) is 8.96. The summed E-state index contributed by atoms with van der Waals surface area (Å²) in [7, 11) is -2.91. The number of aryl methyl sites for hydroxylation is 2. The molecule has 3 heterocycles. The highest BCUT2D eigenvalue weighted by Crippen LogP contribution is 2.21. The van der Waals surface area contributed by atoms with Gasteiger partial charge in [0.1, 0.15) is 9.84 Å². The molecule has 6 nitrogen and oxygen atoms in total. The summed E-state index contributed by atoms with van der Waals surface area (Å²) in [6.07, 6.45) is 5.25. The van der Waals surface area contributed by atoms with Crippen molar-refractivity contribution >= 4 is 15.5 Å². The van der Waals surface area contributed by atoms with E-state index >= 15 is 0 Å². The second-order valence-electron chi connectivity index (χ2n) is 6.78. The number of likely N-dealkylation sites (tertiary alicyclic amines) is 1. The Kier molecular flexibility index (Phi) is 4.42. The third-order valence-corrected chi connectivity index (χ3v) is 5.46. The van der Waals surface area contributed by atoms with Crippen molar-refractivity contribution < 1.29 is 8.42 Å². The fraction of sp³-hybridized carbons (Fsp3) is 0.625. The number of fused-ring (bicyclic) bond motifs is 1. The SMILES string of the molecule is Cc1cc(C)n2ncc(CN3CCC[C@@H](CS(C)(=O)=O)C3)c2n1. The Balaban J connectivity index is 1.77. The molecule has 0 aromatic carbocycles. The molecule has 0 bridgehead atoms. The summed E-state index contributed by atoms with van der Waals surface area (Å²) in [6, 6.07) is 2.02. The van der Waals surface area contributed by atoms with E-state index in [4.69, 9.17) is 0 Å². The summed E-state index contributed by atoms with van der Waals surface area (Å²) in [5.41, 5.74) is 4.09. The van der Waals surface area contributed by atoms with Gasteiger partial charge >= 0.3 is 0 Å². The van der Waals surface area contributed by atoms with E-state index in [1.54, 1.807) is 0 Å². The van der Waals surface area contributed by atoms with Crippen LogP contribution in [0.25, 0.3) is 5.65 Å². The zero-order valence-electron chi connectivity index (χ0n) is 14.0. The Morgan fingerprint density at radius 2 is 2.13 bits per heavy atom. The molecule has 7 heteroatoms. The van der Waals surface area contributed by atoms with Crippen molar-refractivity contribution in [3.05, 3.63) is 29.2 Å². The van der Waals surface area contributed by atoms with Crippen LogP contribution in [0.4, 0.5) is 0 Å². The molecule has 1 atom stereocenters. The van der Waals surface area contributed by atoms with Gasteiger partial charge in [0, 0.05) is 36.3 Å². The number of sulfone groups is 1. The van der Waals surface area contributed by atoms with Gasteiger partial charge in [0.05, 0.1) is 11.9 Å². The number of rotatable bonds is 4. The first-order chi connectivity index (χ1) is 10.8. The molecular formula is C16H24N4O2S. The predicted octanol–water partition coefficient (Wildman–Crippen LogP) is 1.60. The lowest BCUT2D eigenvalue weighted by atomic mass is 10.00. The van der Waals surface area contributed by atoms with Crippen molar-refractivity contribution in [3.8, 4) is 0 Å². The van der Waals surface area contributed by atoms with Crippen molar-refractivity contribution in [2.75, 3.05) is 25.1 Å². The summed E-state index contributed by atoms with van der Waals surface area (Å²) in [6.45, 7) is 6.63. The third-order valence-electron chi connectivity index (χ3n) is 4.39. The highest BCUT2D eigenvalue weighted by Gasteiger charge is 2.24. The molecule has 0 N–H and O–H groups in total. The van der Waals surface area contributed by atoms with Gasteiger partial charge in [-0.1, -0.05) is 0 Å². The van der Waals surface area contributed by atoms with Crippen molar-refractivity contribution in [1.29, 1.82) is 0 Å². The van der Waals surface area contributed by atoms with Crippen LogP contribution < -0.4 is 0 Å². The van der Waals surface area contributed by atoms with Gasteiger partial charge in [-0.15, -0.1) is 0 Å². The van der Waals surface area contributed by atoms with E-state index in [9.17, 15) is 8.42 Å². The molecule has 0 radical (unpaired) electrons. The molecule has 0 spiro atoms. The molecule has 1 aliphatic heterocycles. The molecule has 3 rings (SSSR count). The lowest BCUT2D eigenvalue weighted by molar-refractivity contribution is 0.178. The van der Waals surface area contributed by atoms with Gasteiger partial charge in [0.25, 0.3) is 0 Å². The molecule has 0 saturated carbocycles. The van der Waals surface area contributed by atoms with E-state index in [1.807, 2.05) is 30.6 Å². The van der Waals surface area contributed by atoms with Crippen LogP contribution in [0.5, 0.6) is 0 Å². The number of aromatic nitrogens is 3.